The first-order chi connectivity index (χ1) is 13.1. The Morgan fingerprint density at radius 1 is 1.19 bits per heavy atom. The Morgan fingerprint density at radius 3 is 2.52 bits per heavy atom. The van der Waals surface area contributed by atoms with Crippen molar-refractivity contribution in [2.45, 2.75) is 6.42 Å². The van der Waals surface area contributed by atoms with Gasteiger partial charge in [0.25, 0.3) is 0 Å². The molecule has 0 atom stereocenters. The highest BCUT2D eigenvalue weighted by Gasteiger charge is 2.24. The first-order valence-corrected chi connectivity index (χ1v) is 8.46. The first kappa shape index (κ1) is 18.2. The summed E-state index contributed by atoms with van der Waals surface area (Å²) in [6, 6.07) is 17.0. The van der Waals surface area contributed by atoms with Gasteiger partial charge in [-0.05, 0) is 48.0 Å². The van der Waals surface area contributed by atoms with Gasteiger partial charge in [0.05, 0.1) is 19.6 Å². The minimum Gasteiger partial charge on any atom is -0.497 e. The predicted molar refractivity (Wildman–Crippen MR) is 104 cm³/mol. The number of cyclic esters (lactones) is 1. The van der Waals surface area contributed by atoms with E-state index in [-0.39, 0.29) is 11.6 Å². The summed E-state index contributed by atoms with van der Waals surface area (Å²) in [4.78, 5) is 18.4. The average molecular weight is 361 g/mol. The molecule has 0 aromatic heterocycles. The Balaban J connectivity index is 1.76. The molecule has 1 aliphatic rings. The molecule has 3 rings (SSSR count). The van der Waals surface area contributed by atoms with Crippen molar-refractivity contribution in [1.29, 1.82) is 5.26 Å². The van der Waals surface area contributed by atoms with Crippen LogP contribution in [-0.2, 0) is 9.53 Å². The topological polar surface area (TPSA) is 74.9 Å². The molecule has 2 aromatic rings. The minimum atomic E-state index is -0.476. The molecule has 1 heterocycles. The quantitative estimate of drug-likeness (QED) is 0.582. The standard InChI is InChI=1S/C21H19N3O3/c1-24(13-3-12-22)17-8-4-15(5-9-17)14-19-21(25)27-20(23-19)16-6-10-18(26-2)11-7-16/h4-11,14H,3,13H2,1-2H3/b19-14-. The zero-order chi connectivity index (χ0) is 19.2. The van der Waals surface area contributed by atoms with E-state index in [4.69, 9.17) is 14.7 Å². The van der Waals surface area contributed by atoms with Gasteiger partial charge in [0.1, 0.15) is 5.75 Å². The van der Waals surface area contributed by atoms with Crippen LogP contribution in [0.25, 0.3) is 6.08 Å². The number of anilines is 1. The van der Waals surface area contributed by atoms with Crippen molar-refractivity contribution < 1.29 is 14.3 Å². The van der Waals surface area contributed by atoms with E-state index in [1.165, 1.54) is 0 Å². The van der Waals surface area contributed by atoms with Gasteiger partial charge in [-0.3, -0.25) is 0 Å². The highest BCUT2D eigenvalue weighted by molar-refractivity contribution is 6.12. The molecule has 0 saturated carbocycles. The van der Waals surface area contributed by atoms with Crippen LogP contribution < -0.4 is 9.64 Å². The zero-order valence-electron chi connectivity index (χ0n) is 15.2. The molecule has 6 nitrogen and oxygen atoms in total. The molecule has 0 saturated heterocycles. The smallest absolute Gasteiger partial charge is 0.363 e. The van der Waals surface area contributed by atoms with Gasteiger partial charge in [0.2, 0.25) is 5.90 Å². The summed E-state index contributed by atoms with van der Waals surface area (Å²) >= 11 is 0. The largest absolute Gasteiger partial charge is 0.497 e. The number of hydrogen-bond acceptors (Lipinski definition) is 6. The Labute approximate surface area is 158 Å². The van der Waals surface area contributed by atoms with Gasteiger partial charge >= 0.3 is 5.97 Å². The lowest BCUT2D eigenvalue weighted by Gasteiger charge is -2.17. The van der Waals surface area contributed by atoms with Gasteiger partial charge in [0, 0.05) is 24.8 Å². The number of aliphatic imine (C=N–C) groups is 1. The van der Waals surface area contributed by atoms with E-state index in [0.717, 1.165) is 17.0 Å². The van der Waals surface area contributed by atoms with Crippen LogP contribution in [0.1, 0.15) is 17.5 Å². The summed E-state index contributed by atoms with van der Waals surface area (Å²) in [6.45, 7) is 0.665. The van der Waals surface area contributed by atoms with Gasteiger partial charge in [-0.1, -0.05) is 12.1 Å². The fraction of sp³-hybridized carbons (Fsp3) is 0.190. The molecule has 1 aliphatic heterocycles. The van der Waals surface area contributed by atoms with Crippen LogP contribution in [0.5, 0.6) is 5.75 Å². The maximum Gasteiger partial charge on any atom is 0.363 e. The number of esters is 1. The molecular weight excluding hydrogens is 342 g/mol. The highest BCUT2D eigenvalue weighted by atomic mass is 16.6. The second kappa shape index (κ2) is 8.19. The molecule has 136 valence electrons. The van der Waals surface area contributed by atoms with Crippen LogP contribution in [0.2, 0.25) is 0 Å². The summed E-state index contributed by atoms with van der Waals surface area (Å²) in [5.41, 5.74) is 2.82. The second-order valence-electron chi connectivity index (χ2n) is 5.99. The van der Waals surface area contributed by atoms with Crippen molar-refractivity contribution >= 4 is 23.6 Å². The highest BCUT2D eigenvalue weighted by Crippen LogP contribution is 2.22. The Morgan fingerprint density at radius 2 is 1.89 bits per heavy atom. The third-order valence-electron chi connectivity index (χ3n) is 4.15. The minimum absolute atomic E-state index is 0.256. The molecule has 0 radical (unpaired) electrons. The molecule has 0 spiro atoms. The number of carbonyl (C=O) groups excluding carboxylic acids is 1. The van der Waals surface area contributed by atoms with E-state index in [2.05, 4.69) is 11.1 Å². The third-order valence-corrected chi connectivity index (χ3v) is 4.15. The van der Waals surface area contributed by atoms with E-state index in [1.54, 1.807) is 37.5 Å². The van der Waals surface area contributed by atoms with Crippen molar-refractivity contribution in [1.82, 2.24) is 0 Å². The van der Waals surface area contributed by atoms with Crippen molar-refractivity contribution in [3.05, 3.63) is 65.4 Å². The van der Waals surface area contributed by atoms with Crippen LogP contribution >= 0.6 is 0 Å². The molecule has 6 heteroatoms. The van der Waals surface area contributed by atoms with Crippen molar-refractivity contribution in [2.24, 2.45) is 4.99 Å². The number of rotatable bonds is 6. The Bertz CT molecular complexity index is 923. The lowest BCUT2D eigenvalue weighted by molar-refractivity contribution is -0.129. The molecular formula is C21H19N3O3. The fourth-order valence-corrected chi connectivity index (χ4v) is 2.60. The molecule has 2 aromatic carbocycles. The van der Waals surface area contributed by atoms with Gasteiger partial charge in [-0.25, -0.2) is 9.79 Å². The average Bonchev–Trinajstić information content (AvgIpc) is 3.07. The van der Waals surface area contributed by atoms with E-state index in [9.17, 15) is 4.79 Å². The van der Waals surface area contributed by atoms with Crippen LogP contribution in [0.4, 0.5) is 5.69 Å². The molecule has 0 fully saturated rings. The Kier molecular flexibility index (Phi) is 5.53. The molecule has 0 N–H and O–H groups in total. The number of benzene rings is 2. The fourth-order valence-electron chi connectivity index (χ4n) is 2.60. The number of nitriles is 1. The lowest BCUT2D eigenvalue weighted by Crippen LogP contribution is -2.17. The van der Waals surface area contributed by atoms with Crippen LogP contribution in [0.15, 0.2) is 59.2 Å². The van der Waals surface area contributed by atoms with Crippen LogP contribution in [-0.4, -0.2) is 32.6 Å². The molecule has 0 bridgehead atoms. The number of nitrogens with zero attached hydrogens (tertiary/aromatic N) is 3. The van der Waals surface area contributed by atoms with Gasteiger partial charge in [0.15, 0.2) is 5.70 Å². The number of methoxy groups -OCH3 is 1. The number of ether oxygens (including phenoxy) is 2. The number of carbonyl (C=O) groups is 1. The maximum atomic E-state index is 12.1. The SMILES string of the molecule is COc1ccc(C2=N/C(=C\c3ccc(N(C)CCC#N)cc3)C(=O)O2)cc1. The summed E-state index contributed by atoms with van der Waals surface area (Å²) in [5, 5.41) is 8.67. The third kappa shape index (κ3) is 4.33. The van der Waals surface area contributed by atoms with Crippen LogP contribution in [0, 0.1) is 11.3 Å². The van der Waals surface area contributed by atoms with E-state index in [0.29, 0.717) is 18.5 Å². The van der Waals surface area contributed by atoms with Gasteiger partial charge < -0.3 is 14.4 Å². The van der Waals surface area contributed by atoms with Gasteiger partial charge in [-0.2, -0.15) is 5.26 Å². The summed E-state index contributed by atoms with van der Waals surface area (Å²) < 4.78 is 10.4. The van der Waals surface area contributed by atoms with E-state index < -0.39 is 5.97 Å². The Hall–Kier alpha value is -3.59. The first-order valence-electron chi connectivity index (χ1n) is 8.46. The van der Waals surface area contributed by atoms with Crippen LogP contribution in [0.3, 0.4) is 0 Å². The van der Waals surface area contributed by atoms with Crippen molar-refractivity contribution in [3.8, 4) is 11.8 Å². The number of hydrogen-bond donors (Lipinski definition) is 0. The monoisotopic (exact) mass is 361 g/mol. The maximum absolute atomic E-state index is 12.1. The van der Waals surface area contributed by atoms with Crippen molar-refractivity contribution in [2.75, 3.05) is 25.6 Å². The van der Waals surface area contributed by atoms with E-state index in [1.807, 2.05) is 36.2 Å². The molecule has 27 heavy (non-hydrogen) atoms. The summed E-state index contributed by atoms with van der Waals surface area (Å²) in [7, 11) is 3.53. The zero-order valence-corrected chi connectivity index (χ0v) is 15.2. The van der Waals surface area contributed by atoms with Gasteiger partial charge in [-0.15, -0.1) is 0 Å². The van der Waals surface area contributed by atoms with Crippen molar-refractivity contribution in [3.63, 3.8) is 0 Å². The predicted octanol–water partition coefficient (Wildman–Crippen LogP) is 3.39. The second-order valence-corrected chi connectivity index (χ2v) is 5.99. The summed E-state index contributed by atoms with van der Waals surface area (Å²) in [5.74, 6) is 0.525. The summed E-state index contributed by atoms with van der Waals surface area (Å²) in [6.07, 6.45) is 2.16. The normalized spacial score (nSPS) is 14.5. The molecule has 0 amide bonds. The molecule has 0 unspecified atom stereocenters. The molecule has 0 aliphatic carbocycles. The lowest BCUT2D eigenvalue weighted by atomic mass is 10.1. The van der Waals surface area contributed by atoms with E-state index >= 15 is 0 Å².